The molecule has 0 aliphatic carbocycles. The van der Waals surface area contributed by atoms with E-state index in [2.05, 4.69) is 15.3 Å². The van der Waals surface area contributed by atoms with E-state index in [0.29, 0.717) is 22.2 Å². The van der Waals surface area contributed by atoms with Gasteiger partial charge in [0.25, 0.3) is 0 Å². The minimum atomic E-state index is -0.197. The van der Waals surface area contributed by atoms with Gasteiger partial charge in [-0.05, 0) is 42.5 Å². The molecule has 1 N–H and O–H groups in total. The van der Waals surface area contributed by atoms with Crippen molar-refractivity contribution >= 4 is 45.3 Å². The van der Waals surface area contributed by atoms with E-state index in [0.717, 1.165) is 33.4 Å². The Hall–Kier alpha value is -4.04. The quantitative estimate of drug-likeness (QED) is 0.237. The van der Waals surface area contributed by atoms with Gasteiger partial charge in [0.15, 0.2) is 5.16 Å². The molecule has 0 aliphatic rings. The molecule has 5 rings (SSSR count). The van der Waals surface area contributed by atoms with Crippen LogP contribution in [0.15, 0.2) is 82.5 Å². The fraction of sp³-hybridized carbons (Fsp3) is 0.115. The Bertz CT molecular complexity index is 1480. The number of nitrogens with one attached hydrogen (secondary N) is 1. The number of hydrogen-bond donors (Lipinski definition) is 1. The monoisotopic (exact) mass is 471 g/mol. The number of methoxy groups -OCH3 is 2. The summed E-state index contributed by atoms with van der Waals surface area (Å²) in [4.78, 5) is 21.6. The first kappa shape index (κ1) is 21.8. The van der Waals surface area contributed by atoms with Crippen molar-refractivity contribution in [3.8, 4) is 22.8 Å². The number of carbonyl (C=O) groups excluding carboxylic acids is 1. The van der Waals surface area contributed by atoms with Gasteiger partial charge in [0.1, 0.15) is 22.7 Å². The van der Waals surface area contributed by atoms with Crippen LogP contribution in [0.4, 0.5) is 5.69 Å². The second kappa shape index (κ2) is 9.44. The molecule has 0 aliphatic heterocycles. The molecule has 5 aromatic rings. The molecule has 7 nitrogen and oxygen atoms in total. The van der Waals surface area contributed by atoms with Gasteiger partial charge in [-0.25, -0.2) is 9.97 Å². The van der Waals surface area contributed by atoms with Crippen molar-refractivity contribution < 1.29 is 18.7 Å². The Labute approximate surface area is 200 Å². The first-order chi connectivity index (χ1) is 16.6. The van der Waals surface area contributed by atoms with E-state index < -0.39 is 0 Å². The summed E-state index contributed by atoms with van der Waals surface area (Å²) in [5.41, 5.74) is 3.73. The topological polar surface area (TPSA) is 86.5 Å². The summed E-state index contributed by atoms with van der Waals surface area (Å²) in [6.07, 6.45) is 1.69. The molecule has 2 aromatic heterocycles. The summed E-state index contributed by atoms with van der Waals surface area (Å²) in [5.74, 6) is 1.29. The van der Waals surface area contributed by atoms with Gasteiger partial charge in [-0.15, -0.1) is 0 Å². The summed E-state index contributed by atoms with van der Waals surface area (Å²) < 4.78 is 16.7. The number of amides is 1. The first-order valence-corrected chi connectivity index (χ1v) is 11.5. The molecule has 0 unspecified atom stereocenters. The van der Waals surface area contributed by atoms with Gasteiger partial charge in [0, 0.05) is 28.6 Å². The molecular formula is C26H21N3O4S. The number of benzene rings is 3. The molecule has 34 heavy (non-hydrogen) atoms. The molecule has 2 heterocycles. The van der Waals surface area contributed by atoms with Crippen molar-refractivity contribution in [2.24, 2.45) is 0 Å². The largest absolute Gasteiger partial charge is 0.497 e. The molecule has 170 valence electrons. The molecule has 0 radical (unpaired) electrons. The standard InChI is InChI=1S/C26H21N3O4S/c1-31-17-9-7-16(8-10-17)20-11-12-27-26(29-20)34-15-25(30)28-21-14-23-19(13-24(21)32-2)18-5-3-4-6-22(18)33-23/h3-14H,15H2,1-2H3,(H,28,30). The highest BCUT2D eigenvalue weighted by atomic mass is 32.2. The molecular weight excluding hydrogens is 450 g/mol. The summed E-state index contributed by atoms with van der Waals surface area (Å²) in [7, 11) is 3.20. The number of carbonyl (C=O) groups is 1. The van der Waals surface area contributed by atoms with Crippen LogP contribution in [-0.2, 0) is 4.79 Å². The number of hydrogen-bond acceptors (Lipinski definition) is 7. The van der Waals surface area contributed by atoms with Gasteiger partial charge in [-0.2, -0.15) is 0 Å². The van der Waals surface area contributed by atoms with Crippen molar-refractivity contribution in [2.45, 2.75) is 5.16 Å². The number of ether oxygens (including phenoxy) is 2. The van der Waals surface area contributed by atoms with Gasteiger partial charge >= 0.3 is 0 Å². The zero-order valence-corrected chi connectivity index (χ0v) is 19.4. The second-order valence-corrected chi connectivity index (χ2v) is 8.38. The molecule has 8 heteroatoms. The van der Waals surface area contributed by atoms with Crippen LogP contribution in [0.2, 0.25) is 0 Å². The van der Waals surface area contributed by atoms with E-state index in [1.807, 2.05) is 60.7 Å². The highest BCUT2D eigenvalue weighted by Gasteiger charge is 2.15. The van der Waals surface area contributed by atoms with Crippen molar-refractivity contribution in [3.05, 3.63) is 72.9 Å². The molecule has 0 spiro atoms. The van der Waals surface area contributed by atoms with Crippen LogP contribution in [0.5, 0.6) is 11.5 Å². The molecule has 0 saturated heterocycles. The van der Waals surface area contributed by atoms with E-state index in [1.54, 1.807) is 26.5 Å². The molecule has 0 fully saturated rings. The Kier molecular flexibility index (Phi) is 6.05. The Morgan fingerprint density at radius 2 is 1.79 bits per heavy atom. The van der Waals surface area contributed by atoms with Gasteiger partial charge in [0.2, 0.25) is 5.91 Å². The lowest BCUT2D eigenvalue weighted by Crippen LogP contribution is -2.15. The molecule has 1 amide bonds. The first-order valence-electron chi connectivity index (χ1n) is 10.5. The smallest absolute Gasteiger partial charge is 0.234 e. The minimum Gasteiger partial charge on any atom is -0.497 e. The Morgan fingerprint density at radius 3 is 2.59 bits per heavy atom. The predicted molar refractivity (Wildman–Crippen MR) is 134 cm³/mol. The number of anilines is 1. The van der Waals surface area contributed by atoms with Crippen molar-refractivity contribution in [2.75, 3.05) is 25.3 Å². The average molecular weight is 472 g/mol. The summed E-state index contributed by atoms with van der Waals surface area (Å²) in [6, 6.07) is 20.9. The van der Waals surface area contributed by atoms with Crippen molar-refractivity contribution in [1.29, 1.82) is 0 Å². The number of thioether (sulfide) groups is 1. The number of rotatable bonds is 7. The lowest BCUT2D eigenvalue weighted by atomic mass is 10.1. The van der Waals surface area contributed by atoms with Crippen molar-refractivity contribution in [3.63, 3.8) is 0 Å². The molecule has 0 bridgehead atoms. The molecule has 3 aromatic carbocycles. The van der Waals surface area contributed by atoms with Crippen LogP contribution >= 0.6 is 11.8 Å². The zero-order valence-electron chi connectivity index (χ0n) is 18.6. The number of furan rings is 1. The lowest BCUT2D eigenvalue weighted by Gasteiger charge is -2.10. The lowest BCUT2D eigenvalue weighted by molar-refractivity contribution is -0.113. The normalized spacial score (nSPS) is 11.0. The van der Waals surface area contributed by atoms with Crippen molar-refractivity contribution in [1.82, 2.24) is 9.97 Å². The van der Waals surface area contributed by atoms with Crippen LogP contribution < -0.4 is 14.8 Å². The fourth-order valence-electron chi connectivity index (χ4n) is 3.67. The van der Waals surface area contributed by atoms with E-state index in [4.69, 9.17) is 13.9 Å². The maximum absolute atomic E-state index is 12.7. The third kappa shape index (κ3) is 4.40. The predicted octanol–water partition coefficient (Wildman–Crippen LogP) is 5.79. The number of para-hydroxylation sites is 1. The minimum absolute atomic E-state index is 0.146. The van der Waals surface area contributed by atoms with E-state index in [1.165, 1.54) is 11.8 Å². The summed E-state index contributed by atoms with van der Waals surface area (Å²) in [5, 5.41) is 5.36. The Balaban J connectivity index is 1.30. The zero-order chi connectivity index (χ0) is 23.5. The maximum atomic E-state index is 12.7. The Morgan fingerprint density at radius 1 is 0.971 bits per heavy atom. The van der Waals surface area contributed by atoms with Gasteiger partial charge in [-0.1, -0.05) is 30.0 Å². The van der Waals surface area contributed by atoms with Crippen LogP contribution in [0.1, 0.15) is 0 Å². The van der Waals surface area contributed by atoms with Crippen LogP contribution in [0, 0.1) is 0 Å². The third-order valence-corrected chi connectivity index (χ3v) is 6.19. The highest BCUT2D eigenvalue weighted by Crippen LogP contribution is 2.36. The van der Waals surface area contributed by atoms with E-state index in [-0.39, 0.29) is 11.7 Å². The molecule has 0 atom stereocenters. The summed E-state index contributed by atoms with van der Waals surface area (Å²) >= 11 is 1.26. The second-order valence-electron chi connectivity index (χ2n) is 7.44. The third-order valence-electron chi connectivity index (χ3n) is 5.32. The number of fused-ring (bicyclic) bond motifs is 3. The van der Waals surface area contributed by atoms with Crippen LogP contribution in [0.3, 0.4) is 0 Å². The van der Waals surface area contributed by atoms with Gasteiger partial charge in [-0.3, -0.25) is 4.79 Å². The van der Waals surface area contributed by atoms with Gasteiger partial charge in [0.05, 0.1) is 31.4 Å². The number of nitrogens with zero attached hydrogens (tertiary/aromatic N) is 2. The summed E-state index contributed by atoms with van der Waals surface area (Å²) in [6.45, 7) is 0. The van der Waals surface area contributed by atoms with E-state index in [9.17, 15) is 4.79 Å². The highest BCUT2D eigenvalue weighted by molar-refractivity contribution is 7.99. The van der Waals surface area contributed by atoms with E-state index >= 15 is 0 Å². The van der Waals surface area contributed by atoms with Crippen LogP contribution in [-0.4, -0.2) is 35.8 Å². The fourth-order valence-corrected chi connectivity index (χ4v) is 4.30. The number of aromatic nitrogens is 2. The molecule has 0 saturated carbocycles. The SMILES string of the molecule is COc1ccc(-c2ccnc(SCC(=O)Nc3cc4oc5ccccc5c4cc3OC)n2)cc1. The average Bonchev–Trinajstić information content (AvgIpc) is 3.24. The van der Waals surface area contributed by atoms with Gasteiger partial charge < -0.3 is 19.2 Å². The van der Waals surface area contributed by atoms with Crippen LogP contribution in [0.25, 0.3) is 33.2 Å². The maximum Gasteiger partial charge on any atom is 0.234 e.